The predicted molar refractivity (Wildman–Crippen MR) is 65.8 cm³/mol. The minimum Gasteiger partial charge on any atom is -0.336 e. The molecule has 0 spiro atoms. The molecule has 0 aliphatic carbocycles. The summed E-state index contributed by atoms with van der Waals surface area (Å²) in [6.45, 7) is 2.79. The van der Waals surface area contributed by atoms with Gasteiger partial charge in [-0.25, -0.2) is 4.39 Å². The molecule has 2 rings (SSSR count). The van der Waals surface area contributed by atoms with Gasteiger partial charge >= 0.3 is 0 Å². The van der Waals surface area contributed by atoms with Gasteiger partial charge in [-0.3, -0.25) is 4.79 Å². The van der Waals surface area contributed by atoms with Crippen LogP contribution in [0.3, 0.4) is 0 Å². The minimum atomic E-state index is -0.418. The van der Waals surface area contributed by atoms with Gasteiger partial charge in [-0.1, -0.05) is 11.6 Å². The number of piperidine rings is 1. The number of hydrogen-bond donors (Lipinski definition) is 0. The molecule has 92 valence electrons. The zero-order valence-electron chi connectivity index (χ0n) is 9.75. The Hall–Kier alpha value is -1.09. The zero-order chi connectivity index (χ0) is 12.4. The first-order valence-corrected chi connectivity index (χ1v) is 6.23. The van der Waals surface area contributed by atoms with Gasteiger partial charge in [0.05, 0.1) is 10.6 Å². The van der Waals surface area contributed by atoms with Crippen LogP contribution in [0.2, 0.25) is 5.02 Å². The highest BCUT2D eigenvalue weighted by atomic mass is 35.5. The standard InChI is InChI=1S/C13H15ClFNO/c1-9-4-2-3-7-16(9)13(17)11-6-5-10(15)8-12(11)14/h5-6,8-9H,2-4,7H2,1H3/t9-/m1/s1. The Balaban J connectivity index is 2.24. The van der Waals surface area contributed by atoms with Crippen molar-refractivity contribution in [1.82, 2.24) is 4.90 Å². The predicted octanol–water partition coefficient (Wildman–Crippen LogP) is 3.49. The van der Waals surface area contributed by atoms with Crippen LogP contribution >= 0.6 is 11.6 Å². The molecule has 1 saturated heterocycles. The fourth-order valence-electron chi connectivity index (χ4n) is 2.22. The van der Waals surface area contributed by atoms with E-state index in [4.69, 9.17) is 11.6 Å². The lowest BCUT2D eigenvalue weighted by Gasteiger charge is -2.33. The van der Waals surface area contributed by atoms with Gasteiger partial charge in [0.1, 0.15) is 5.82 Å². The van der Waals surface area contributed by atoms with Crippen LogP contribution in [0, 0.1) is 5.82 Å². The van der Waals surface area contributed by atoms with E-state index in [1.54, 1.807) is 0 Å². The SMILES string of the molecule is C[C@@H]1CCCCN1C(=O)c1ccc(F)cc1Cl. The zero-order valence-corrected chi connectivity index (χ0v) is 10.5. The topological polar surface area (TPSA) is 20.3 Å². The number of rotatable bonds is 1. The fraction of sp³-hybridized carbons (Fsp3) is 0.462. The highest BCUT2D eigenvalue weighted by molar-refractivity contribution is 6.33. The van der Waals surface area contributed by atoms with E-state index in [9.17, 15) is 9.18 Å². The maximum atomic E-state index is 12.9. The maximum Gasteiger partial charge on any atom is 0.255 e. The first-order valence-electron chi connectivity index (χ1n) is 5.85. The average Bonchev–Trinajstić information content (AvgIpc) is 2.29. The lowest BCUT2D eigenvalue weighted by molar-refractivity contribution is 0.0636. The lowest BCUT2D eigenvalue weighted by atomic mass is 10.0. The number of carbonyl (C=O) groups is 1. The van der Waals surface area contributed by atoms with Crippen LogP contribution in [0.1, 0.15) is 36.5 Å². The Bertz CT molecular complexity index is 435. The molecule has 0 radical (unpaired) electrons. The van der Waals surface area contributed by atoms with Crippen molar-refractivity contribution in [3.05, 3.63) is 34.6 Å². The van der Waals surface area contributed by atoms with Gasteiger partial charge in [0, 0.05) is 12.6 Å². The van der Waals surface area contributed by atoms with Gasteiger partial charge in [-0.2, -0.15) is 0 Å². The van der Waals surface area contributed by atoms with Gasteiger partial charge < -0.3 is 4.90 Å². The van der Waals surface area contributed by atoms with Crippen LogP contribution in [0.15, 0.2) is 18.2 Å². The van der Waals surface area contributed by atoms with Gasteiger partial charge in [-0.05, 0) is 44.4 Å². The average molecular weight is 256 g/mol. The third-order valence-corrected chi connectivity index (χ3v) is 3.54. The van der Waals surface area contributed by atoms with Crippen LogP contribution in [-0.4, -0.2) is 23.4 Å². The molecule has 4 heteroatoms. The monoisotopic (exact) mass is 255 g/mol. The summed E-state index contributed by atoms with van der Waals surface area (Å²) in [4.78, 5) is 14.1. The largest absolute Gasteiger partial charge is 0.336 e. The van der Waals surface area contributed by atoms with Crippen molar-refractivity contribution >= 4 is 17.5 Å². The second kappa shape index (κ2) is 5.05. The molecule has 1 aliphatic heterocycles. The summed E-state index contributed by atoms with van der Waals surface area (Å²) in [7, 11) is 0. The minimum absolute atomic E-state index is 0.0952. The molecule has 0 bridgehead atoms. The molecule has 0 N–H and O–H groups in total. The van der Waals surface area contributed by atoms with E-state index in [2.05, 4.69) is 0 Å². The first kappa shape index (κ1) is 12.4. The molecule has 0 unspecified atom stereocenters. The molecule has 17 heavy (non-hydrogen) atoms. The summed E-state index contributed by atoms with van der Waals surface area (Å²) in [6, 6.07) is 4.15. The van der Waals surface area contributed by atoms with Crippen LogP contribution in [0.4, 0.5) is 4.39 Å². The number of benzene rings is 1. The van der Waals surface area contributed by atoms with Crippen molar-refractivity contribution in [2.75, 3.05) is 6.54 Å². The summed E-state index contributed by atoms with van der Waals surface area (Å²) < 4.78 is 12.9. The van der Waals surface area contributed by atoms with Crippen molar-refractivity contribution in [1.29, 1.82) is 0 Å². The van der Waals surface area contributed by atoms with Crippen LogP contribution in [-0.2, 0) is 0 Å². The molecule has 1 atom stereocenters. The van der Waals surface area contributed by atoms with E-state index in [-0.39, 0.29) is 17.0 Å². The number of likely N-dealkylation sites (tertiary alicyclic amines) is 1. The van der Waals surface area contributed by atoms with Crippen LogP contribution < -0.4 is 0 Å². The van der Waals surface area contributed by atoms with Crippen molar-refractivity contribution in [2.24, 2.45) is 0 Å². The van der Waals surface area contributed by atoms with Gasteiger partial charge in [-0.15, -0.1) is 0 Å². The smallest absolute Gasteiger partial charge is 0.255 e. The van der Waals surface area contributed by atoms with Crippen molar-refractivity contribution in [3.63, 3.8) is 0 Å². The van der Waals surface area contributed by atoms with Crippen LogP contribution in [0.25, 0.3) is 0 Å². The summed E-state index contributed by atoms with van der Waals surface area (Å²) in [6.07, 6.45) is 3.20. The highest BCUT2D eigenvalue weighted by Crippen LogP contribution is 2.23. The Morgan fingerprint density at radius 3 is 2.88 bits per heavy atom. The Kier molecular flexibility index (Phi) is 3.67. The van der Waals surface area contributed by atoms with Crippen molar-refractivity contribution < 1.29 is 9.18 Å². The highest BCUT2D eigenvalue weighted by Gasteiger charge is 2.25. The third kappa shape index (κ3) is 2.60. The Labute approximate surface area is 105 Å². The van der Waals surface area contributed by atoms with E-state index in [0.717, 1.165) is 25.8 Å². The fourth-order valence-corrected chi connectivity index (χ4v) is 2.47. The molecule has 1 amide bonds. The summed E-state index contributed by atoms with van der Waals surface area (Å²) in [5.41, 5.74) is 0.391. The lowest BCUT2D eigenvalue weighted by Crippen LogP contribution is -2.42. The third-order valence-electron chi connectivity index (χ3n) is 3.23. The van der Waals surface area contributed by atoms with Crippen molar-refractivity contribution in [2.45, 2.75) is 32.2 Å². The normalized spacial score (nSPS) is 20.4. The van der Waals surface area contributed by atoms with Gasteiger partial charge in [0.25, 0.3) is 5.91 Å². The molecular formula is C13H15ClFNO. The molecule has 1 fully saturated rings. The number of halogens is 2. The maximum absolute atomic E-state index is 12.9. The number of amides is 1. The second-order valence-corrected chi connectivity index (χ2v) is 4.87. The molecule has 1 heterocycles. The van der Waals surface area contributed by atoms with E-state index in [0.29, 0.717) is 5.56 Å². The number of hydrogen-bond acceptors (Lipinski definition) is 1. The quantitative estimate of drug-likeness (QED) is 0.752. The van der Waals surface area contributed by atoms with Gasteiger partial charge in [0.2, 0.25) is 0 Å². The number of carbonyl (C=O) groups excluding carboxylic acids is 1. The molecule has 0 saturated carbocycles. The molecule has 1 aliphatic rings. The Morgan fingerprint density at radius 2 is 2.24 bits per heavy atom. The van der Waals surface area contributed by atoms with E-state index in [1.165, 1.54) is 18.2 Å². The summed E-state index contributed by atoms with van der Waals surface area (Å²) in [5.74, 6) is -0.513. The second-order valence-electron chi connectivity index (χ2n) is 4.47. The van der Waals surface area contributed by atoms with E-state index >= 15 is 0 Å². The van der Waals surface area contributed by atoms with Crippen LogP contribution in [0.5, 0.6) is 0 Å². The first-order chi connectivity index (χ1) is 8.09. The van der Waals surface area contributed by atoms with E-state index < -0.39 is 5.82 Å². The van der Waals surface area contributed by atoms with Crippen molar-refractivity contribution in [3.8, 4) is 0 Å². The molecular weight excluding hydrogens is 241 g/mol. The molecule has 1 aromatic carbocycles. The summed E-state index contributed by atoms with van der Waals surface area (Å²) in [5, 5.41) is 0.188. The molecule has 2 nitrogen and oxygen atoms in total. The summed E-state index contributed by atoms with van der Waals surface area (Å²) >= 11 is 5.90. The van der Waals surface area contributed by atoms with Gasteiger partial charge in [0.15, 0.2) is 0 Å². The molecule has 0 aromatic heterocycles. The Morgan fingerprint density at radius 1 is 1.47 bits per heavy atom. The number of nitrogens with zero attached hydrogens (tertiary/aromatic N) is 1. The van der Waals surface area contributed by atoms with E-state index in [1.807, 2.05) is 11.8 Å². The molecule has 1 aromatic rings.